The molecule has 1 unspecified atom stereocenters. The Morgan fingerprint density at radius 1 is 1.44 bits per heavy atom. The summed E-state index contributed by atoms with van der Waals surface area (Å²) in [6, 6.07) is 0.833. The molecule has 1 atom stereocenters. The second-order valence-corrected chi connectivity index (χ2v) is 3.47. The van der Waals surface area contributed by atoms with Crippen LogP contribution in [0.4, 0.5) is 19.1 Å². The summed E-state index contributed by atoms with van der Waals surface area (Å²) in [5, 5.41) is 2.81. The van der Waals surface area contributed by atoms with Crippen molar-refractivity contribution in [1.29, 1.82) is 0 Å². The van der Waals surface area contributed by atoms with Gasteiger partial charge in [0.1, 0.15) is 5.69 Å². The standard InChI is InChI=1S/C9H10F3N3O/c10-9(11,12)7-1-3-13-8(15-7)14-6-2-4-16-5-6/h1,3,6H,2,4-5H2,(H,13,14,15). The Bertz CT molecular complexity index is 363. The van der Waals surface area contributed by atoms with E-state index in [0.29, 0.717) is 13.2 Å². The number of nitrogens with zero attached hydrogens (tertiary/aromatic N) is 2. The van der Waals surface area contributed by atoms with Gasteiger partial charge in [0, 0.05) is 12.8 Å². The monoisotopic (exact) mass is 233 g/mol. The average molecular weight is 233 g/mol. The van der Waals surface area contributed by atoms with E-state index in [0.717, 1.165) is 18.7 Å². The fraction of sp³-hybridized carbons (Fsp3) is 0.556. The first-order valence-corrected chi connectivity index (χ1v) is 4.80. The zero-order chi connectivity index (χ0) is 11.6. The van der Waals surface area contributed by atoms with E-state index in [1.54, 1.807) is 0 Å². The van der Waals surface area contributed by atoms with Crippen molar-refractivity contribution in [2.45, 2.75) is 18.6 Å². The third-order valence-electron chi connectivity index (χ3n) is 2.21. The van der Waals surface area contributed by atoms with Crippen LogP contribution in [0, 0.1) is 0 Å². The van der Waals surface area contributed by atoms with Crippen LogP contribution in [-0.4, -0.2) is 29.2 Å². The first-order valence-electron chi connectivity index (χ1n) is 4.80. The van der Waals surface area contributed by atoms with E-state index in [9.17, 15) is 13.2 Å². The molecule has 0 bridgehead atoms. The SMILES string of the molecule is FC(F)(F)c1ccnc(NC2CCOC2)n1. The Labute approximate surface area is 89.8 Å². The summed E-state index contributed by atoms with van der Waals surface area (Å²) in [4.78, 5) is 7.14. The van der Waals surface area contributed by atoms with Gasteiger partial charge in [-0.25, -0.2) is 9.97 Å². The molecule has 0 saturated carbocycles. The van der Waals surface area contributed by atoms with Gasteiger partial charge in [-0.3, -0.25) is 0 Å². The second-order valence-electron chi connectivity index (χ2n) is 3.47. The number of halogens is 3. The van der Waals surface area contributed by atoms with Gasteiger partial charge in [0.25, 0.3) is 0 Å². The van der Waals surface area contributed by atoms with Crippen molar-refractivity contribution in [3.05, 3.63) is 18.0 Å². The summed E-state index contributed by atoms with van der Waals surface area (Å²) in [5.41, 5.74) is -0.941. The number of aromatic nitrogens is 2. The van der Waals surface area contributed by atoms with Crippen molar-refractivity contribution in [2.75, 3.05) is 18.5 Å². The minimum Gasteiger partial charge on any atom is -0.379 e. The Kier molecular flexibility index (Phi) is 2.95. The lowest BCUT2D eigenvalue weighted by Gasteiger charge is -2.11. The van der Waals surface area contributed by atoms with Gasteiger partial charge in [-0.05, 0) is 12.5 Å². The molecule has 1 aromatic heterocycles. The van der Waals surface area contributed by atoms with Crippen molar-refractivity contribution in [2.24, 2.45) is 0 Å². The molecule has 88 valence electrons. The molecule has 7 heteroatoms. The molecule has 0 aromatic carbocycles. The molecule has 4 nitrogen and oxygen atoms in total. The summed E-state index contributed by atoms with van der Waals surface area (Å²) in [6.45, 7) is 1.08. The Hall–Kier alpha value is -1.37. The van der Waals surface area contributed by atoms with Crippen molar-refractivity contribution in [3.8, 4) is 0 Å². The van der Waals surface area contributed by atoms with Crippen molar-refractivity contribution < 1.29 is 17.9 Å². The van der Waals surface area contributed by atoms with Gasteiger partial charge in [-0.1, -0.05) is 0 Å². The summed E-state index contributed by atoms with van der Waals surface area (Å²) >= 11 is 0. The molecule has 1 aromatic rings. The molecule has 2 heterocycles. The zero-order valence-corrected chi connectivity index (χ0v) is 8.29. The largest absolute Gasteiger partial charge is 0.433 e. The van der Waals surface area contributed by atoms with Crippen molar-refractivity contribution >= 4 is 5.95 Å². The summed E-state index contributed by atoms with van der Waals surface area (Å²) < 4.78 is 42.1. The van der Waals surface area contributed by atoms with Crippen LogP contribution in [0.3, 0.4) is 0 Å². The van der Waals surface area contributed by atoms with Crippen LogP contribution in [0.5, 0.6) is 0 Å². The molecule has 1 aliphatic rings. The Morgan fingerprint density at radius 3 is 2.88 bits per heavy atom. The maximum absolute atomic E-state index is 12.3. The van der Waals surface area contributed by atoms with Crippen molar-refractivity contribution in [1.82, 2.24) is 9.97 Å². The molecule has 2 rings (SSSR count). The van der Waals surface area contributed by atoms with Gasteiger partial charge in [-0.2, -0.15) is 13.2 Å². The Morgan fingerprint density at radius 2 is 2.25 bits per heavy atom. The fourth-order valence-electron chi connectivity index (χ4n) is 1.42. The first kappa shape index (κ1) is 11.1. The lowest BCUT2D eigenvalue weighted by atomic mass is 10.3. The van der Waals surface area contributed by atoms with Crippen LogP contribution in [0.1, 0.15) is 12.1 Å². The number of anilines is 1. The highest BCUT2D eigenvalue weighted by Gasteiger charge is 2.33. The molecule has 0 aliphatic carbocycles. The lowest BCUT2D eigenvalue weighted by molar-refractivity contribution is -0.141. The van der Waals surface area contributed by atoms with Crippen molar-refractivity contribution in [3.63, 3.8) is 0 Å². The van der Waals surface area contributed by atoms with E-state index >= 15 is 0 Å². The minimum absolute atomic E-state index is 0.00896. The maximum Gasteiger partial charge on any atom is 0.433 e. The van der Waals surface area contributed by atoms with Crippen LogP contribution >= 0.6 is 0 Å². The number of hydrogen-bond donors (Lipinski definition) is 1. The molecule has 0 amide bonds. The molecule has 0 spiro atoms. The first-order chi connectivity index (χ1) is 7.55. The molecule has 1 aliphatic heterocycles. The van der Waals surface area contributed by atoms with E-state index in [-0.39, 0.29) is 12.0 Å². The minimum atomic E-state index is -4.44. The third-order valence-corrected chi connectivity index (χ3v) is 2.21. The molecule has 1 N–H and O–H groups in total. The number of nitrogens with one attached hydrogen (secondary N) is 1. The van der Waals surface area contributed by atoms with Crippen LogP contribution < -0.4 is 5.32 Å². The van der Waals surface area contributed by atoms with E-state index in [1.807, 2.05) is 0 Å². The summed E-state index contributed by atoms with van der Waals surface area (Å²) in [6.07, 6.45) is -2.60. The van der Waals surface area contributed by atoms with E-state index in [1.165, 1.54) is 0 Å². The second kappa shape index (κ2) is 4.25. The highest BCUT2D eigenvalue weighted by molar-refractivity contribution is 5.27. The predicted octanol–water partition coefficient (Wildman–Crippen LogP) is 1.70. The van der Waals surface area contributed by atoms with Gasteiger partial charge in [-0.15, -0.1) is 0 Å². The fourth-order valence-corrected chi connectivity index (χ4v) is 1.42. The molecular formula is C9H10F3N3O. The highest BCUT2D eigenvalue weighted by atomic mass is 19.4. The summed E-state index contributed by atoms with van der Waals surface area (Å²) in [5.74, 6) is -0.00896. The van der Waals surface area contributed by atoms with Gasteiger partial charge < -0.3 is 10.1 Å². The molecule has 1 fully saturated rings. The molecule has 0 radical (unpaired) electrons. The topological polar surface area (TPSA) is 47.0 Å². The lowest BCUT2D eigenvalue weighted by Crippen LogP contribution is -2.21. The molecule has 1 saturated heterocycles. The number of rotatable bonds is 2. The van der Waals surface area contributed by atoms with E-state index in [2.05, 4.69) is 15.3 Å². The highest BCUT2D eigenvalue weighted by Crippen LogP contribution is 2.27. The van der Waals surface area contributed by atoms with Crippen LogP contribution in [-0.2, 0) is 10.9 Å². The van der Waals surface area contributed by atoms with Gasteiger partial charge in [0.2, 0.25) is 5.95 Å². The average Bonchev–Trinajstić information content (AvgIpc) is 2.70. The zero-order valence-electron chi connectivity index (χ0n) is 8.29. The quantitative estimate of drug-likeness (QED) is 0.844. The van der Waals surface area contributed by atoms with Gasteiger partial charge in [0.15, 0.2) is 0 Å². The maximum atomic E-state index is 12.3. The number of hydrogen-bond acceptors (Lipinski definition) is 4. The Balaban J connectivity index is 2.09. The van der Waals surface area contributed by atoms with Crippen LogP contribution in [0.2, 0.25) is 0 Å². The van der Waals surface area contributed by atoms with Crippen LogP contribution in [0.25, 0.3) is 0 Å². The normalized spacial score (nSPS) is 21.1. The smallest absolute Gasteiger partial charge is 0.379 e. The molecular weight excluding hydrogens is 223 g/mol. The van der Waals surface area contributed by atoms with E-state index in [4.69, 9.17) is 4.74 Å². The van der Waals surface area contributed by atoms with Gasteiger partial charge >= 0.3 is 6.18 Å². The molecule has 16 heavy (non-hydrogen) atoms. The van der Waals surface area contributed by atoms with Crippen LogP contribution in [0.15, 0.2) is 12.3 Å². The predicted molar refractivity (Wildman–Crippen MR) is 49.9 cm³/mol. The number of ether oxygens (including phenoxy) is 1. The van der Waals surface area contributed by atoms with Gasteiger partial charge in [0.05, 0.1) is 12.6 Å². The van der Waals surface area contributed by atoms with E-state index < -0.39 is 11.9 Å². The third kappa shape index (κ3) is 2.60. The summed E-state index contributed by atoms with van der Waals surface area (Å²) in [7, 11) is 0. The number of alkyl halides is 3.